The lowest BCUT2D eigenvalue weighted by atomic mass is 10.2. The van der Waals surface area contributed by atoms with Gasteiger partial charge in [-0.1, -0.05) is 0 Å². The van der Waals surface area contributed by atoms with Gasteiger partial charge >= 0.3 is 6.61 Å². The second-order valence-electron chi connectivity index (χ2n) is 2.63. The Bertz CT molecular complexity index is 340. The summed E-state index contributed by atoms with van der Waals surface area (Å²) in [5.41, 5.74) is -1.18. The number of alkyl halides is 4. The summed E-state index contributed by atoms with van der Waals surface area (Å²) in [4.78, 5) is 0. The van der Waals surface area contributed by atoms with Gasteiger partial charge in [0.05, 0.1) is 12.2 Å². The van der Waals surface area contributed by atoms with Crippen LogP contribution in [0.15, 0.2) is 0 Å². The lowest BCUT2D eigenvalue weighted by molar-refractivity contribution is -0.0564. The first kappa shape index (κ1) is 11.8. The number of ether oxygens (including phenoxy) is 1. The lowest BCUT2D eigenvalue weighted by Gasteiger charge is -2.05. The first-order chi connectivity index (χ1) is 6.97. The fourth-order valence-corrected chi connectivity index (χ4v) is 1.13. The minimum Gasteiger partial charge on any atom is -0.417 e. The van der Waals surface area contributed by atoms with E-state index in [1.54, 1.807) is 0 Å². The van der Waals surface area contributed by atoms with Crippen LogP contribution in [0.5, 0.6) is 5.88 Å². The van der Waals surface area contributed by atoms with Crippen LogP contribution in [-0.2, 0) is 13.7 Å². The van der Waals surface area contributed by atoms with Crippen molar-refractivity contribution in [3.8, 4) is 5.88 Å². The summed E-state index contributed by atoms with van der Waals surface area (Å²) in [6.45, 7) is -3.99. The first-order valence-corrected chi connectivity index (χ1v) is 3.87. The zero-order valence-electron chi connectivity index (χ0n) is 7.62. The summed E-state index contributed by atoms with van der Waals surface area (Å²) in [5.74, 6) is -0.553. The van der Waals surface area contributed by atoms with Crippen molar-refractivity contribution in [1.82, 2.24) is 9.78 Å². The van der Waals surface area contributed by atoms with Crippen LogP contribution in [0.25, 0.3) is 0 Å². The van der Waals surface area contributed by atoms with E-state index >= 15 is 0 Å². The third-order valence-electron chi connectivity index (χ3n) is 1.68. The molecule has 0 radical (unpaired) electrons. The highest BCUT2D eigenvalue weighted by Gasteiger charge is 2.25. The Hall–Kier alpha value is -1.31. The van der Waals surface area contributed by atoms with E-state index < -0.39 is 36.8 Å². The number of aliphatic hydroxyl groups excluding tert-OH is 1. The van der Waals surface area contributed by atoms with Crippen LogP contribution in [0.1, 0.15) is 17.7 Å². The molecule has 86 valence electrons. The zero-order valence-corrected chi connectivity index (χ0v) is 7.62. The molecule has 0 aliphatic carbocycles. The molecule has 1 aromatic rings. The fourth-order valence-electron chi connectivity index (χ4n) is 1.13. The van der Waals surface area contributed by atoms with Gasteiger partial charge in [0.25, 0.3) is 6.43 Å². The number of hydrogen-bond donors (Lipinski definition) is 1. The third kappa shape index (κ3) is 2.38. The summed E-state index contributed by atoms with van der Waals surface area (Å²) in [6.07, 6.45) is -2.95. The van der Waals surface area contributed by atoms with Gasteiger partial charge in [0.1, 0.15) is 5.69 Å². The average Bonchev–Trinajstić information content (AvgIpc) is 2.43. The molecule has 0 amide bonds. The van der Waals surface area contributed by atoms with Crippen LogP contribution in [0.4, 0.5) is 17.6 Å². The largest absolute Gasteiger partial charge is 0.417 e. The van der Waals surface area contributed by atoms with Crippen molar-refractivity contribution in [3.05, 3.63) is 11.3 Å². The van der Waals surface area contributed by atoms with Gasteiger partial charge in [-0.2, -0.15) is 13.9 Å². The number of aryl methyl sites for hydroxylation is 1. The van der Waals surface area contributed by atoms with E-state index in [0.717, 1.165) is 4.68 Å². The van der Waals surface area contributed by atoms with Crippen molar-refractivity contribution in [1.29, 1.82) is 0 Å². The Labute approximate surface area is 82.1 Å². The summed E-state index contributed by atoms with van der Waals surface area (Å²) in [5, 5.41) is 12.0. The standard InChI is InChI=1S/C7H8F4N2O2/c1-13-6(15-7(10)11)3(2-14)4(12-13)5(8)9/h5,7,14H,2H2,1H3. The van der Waals surface area contributed by atoms with Gasteiger partial charge in [0.2, 0.25) is 5.88 Å². The Morgan fingerprint density at radius 1 is 1.40 bits per heavy atom. The highest BCUT2D eigenvalue weighted by Crippen LogP contribution is 2.29. The SMILES string of the molecule is Cn1nc(C(F)F)c(CO)c1OC(F)F. The Kier molecular flexibility index (Phi) is 3.51. The van der Waals surface area contributed by atoms with E-state index in [0.29, 0.717) is 0 Å². The smallest absolute Gasteiger partial charge is 0.388 e. The number of rotatable bonds is 4. The maximum absolute atomic E-state index is 12.3. The van der Waals surface area contributed by atoms with Crippen molar-refractivity contribution in [2.75, 3.05) is 0 Å². The third-order valence-corrected chi connectivity index (χ3v) is 1.68. The molecular formula is C7H8F4N2O2. The lowest BCUT2D eigenvalue weighted by Crippen LogP contribution is -2.07. The maximum atomic E-state index is 12.3. The van der Waals surface area contributed by atoms with Crippen LogP contribution in [0.2, 0.25) is 0 Å². The molecule has 0 spiro atoms. The highest BCUT2D eigenvalue weighted by atomic mass is 19.3. The zero-order chi connectivity index (χ0) is 11.6. The van der Waals surface area contributed by atoms with Crippen molar-refractivity contribution in [2.45, 2.75) is 19.6 Å². The van der Waals surface area contributed by atoms with Crippen molar-refractivity contribution in [3.63, 3.8) is 0 Å². The molecule has 0 aliphatic rings. The summed E-state index contributed by atoms with van der Waals surface area (Å²) >= 11 is 0. The van der Waals surface area contributed by atoms with Crippen molar-refractivity contribution >= 4 is 0 Å². The van der Waals surface area contributed by atoms with Crippen LogP contribution in [0.3, 0.4) is 0 Å². The molecular weight excluding hydrogens is 220 g/mol. The van der Waals surface area contributed by atoms with E-state index in [-0.39, 0.29) is 0 Å². The molecule has 0 saturated heterocycles. The Morgan fingerprint density at radius 3 is 2.40 bits per heavy atom. The number of nitrogens with zero attached hydrogens (tertiary/aromatic N) is 2. The van der Waals surface area contributed by atoms with Crippen molar-refractivity contribution in [2.24, 2.45) is 7.05 Å². The molecule has 1 aromatic heterocycles. The molecule has 0 saturated carbocycles. The molecule has 4 nitrogen and oxygen atoms in total. The minimum atomic E-state index is -3.16. The van der Waals surface area contributed by atoms with E-state index in [2.05, 4.69) is 9.84 Å². The monoisotopic (exact) mass is 228 g/mol. The van der Waals surface area contributed by atoms with Crippen LogP contribution >= 0.6 is 0 Å². The van der Waals surface area contributed by atoms with Crippen LogP contribution in [0, 0.1) is 0 Å². The number of halogens is 4. The summed E-state index contributed by atoms with van der Waals surface area (Å²) in [6, 6.07) is 0. The maximum Gasteiger partial charge on any atom is 0.388 e. The topological polar surface area (TPSA) is 47.3 Å². The molecule has 15 heavy (non-hydrogen) atoms. The van der Waals surface area contributed by atoms with Gasteiger partial charge in [0.15, 0.2) is 0 Å². The van der Waals surface area contributed by atoms with E-state index in [1.807, 2.05) is 0 Å². The number of aliphatic hydroxyl groups is 1. The van der Waals surface area contributed by atoms with Crippen LogP contribution < -0.4 is 4.74 Å². The summed E-state index contributed by atoms with van der Waals surface area (Å²) < 4.78 is 53.1. The number of hydrogen-bond acceptors (Lipinski definition) is 3. The molecule has 0 atom stereocenters. The Balaban J connectivity index is 3.13. The van der Waals surface area contributed by atoms with Gasteiger partial charge in [0, 0.05) is 7.05 Å². The fraction of sp³-hybridized carbons (Fsp3) is 0.571. The van der Waals surface area contributed by atoms with E-state index in [9.17, 15) is 17.6 Å². The van der Waals surface area contributed by atoms with Crippen LogP contribution in [-0.4, -0.2) is 21.5 Å². The molecule has 1 N–H and O–H groups in total. The normalized spacial score (nSPS) is 11.5. The number of aromatic nitrogens is 2. The van der Waals surface area contributed by atoms with Gasteiger partial charge in [-0.05, 0) is 0 Å². The summed E-state index contributed by atoms with van der Waals surface area (Å²) in [7, 11) is 1.17. The molecule has 0 aliphatic heterocycles. The van der Waals surface area contributed by atoms with E-state index in [4.69, 9.17) is 5.11 Å². The van der Waals surface area contributed by atoms with Gasteiger partial charge in [-0.3, -0.25) is 0 Å². The first-order valence-electron chi connectivity index (χ1n) is 3.87. The second-order valence-corrected chi connectivity index (χ2v) is 2.63. The minimum absolute atomic E-state index is 0.423. The van der Waals surface area contributed by atoms with E-state index in [1.165, 1.54) is 7.05 Å². The molecule has 1 heterocycles. The molecule has 0 fully saturated rings. The molecule has 0 bridgehead atoms. The average molecular weight is 228 g/mol. The molecule has 8 heteroatoms. The predicted octanol–water partition coefficient (Wildman–Crippen LogP) is 1.45. The predicted molar refractivity (Wildman–Crippen MR) is 40.7 cm³/mol. The van der Waals surface area contributed by atoms with Crippen molar-refractivity contribution < 1.29 is 27.4 Å². The molecule has 0 aromatic carbocycles. The quantitative estimate of drug-likeness (QED) is 0.793. The van der Waals surface area contributed by atoms with Gasteiger partial charge in [-0.15, -0.1) is 0 Å². The van der Waals surface area contributed by atoms with Gasteiger partial charge < -0.3 is 9.84 Å². The molecule has 1 rings (SSSR count). The second kappa shape index (κ2) is 4.47. The Morgan fingerprint density at radius 2 is 2.00 bits per heavy atom. The molecule has 0 unspecified atom stereocenters. The highest BCUT2D eigenvalue weighted by molar-refractivity contribution is 5.31. The van der Waals surface area contributed by atoms with Gasteiger partial charge in [-0.25, -0.2) is 13.5 Å².